The van der Waals surface area contributed by atoms with Crippen LogP contribution in [0, 0.1) is 6.92 Å². The molecule has 1 heterocycles. The number of aromatic nitrogens is 1. The Morgan fingerprint density at radius 2 is 1.89 bits per heavy atom. The Hall–Kier alpha value is -2.03. The van der Waals surface area contributed by atoms with Gasteiger partial charge in [0.15, 0.2) is 0 Å². The lowest BCUT2D eigenvalue weighted by molar-refractivity contribution is 0.837. The highest BCUT2D eigenvalue weighted by Gasteiger charge is 2.07. The first-order chi connectivity index (χ1) is 8.58. The summed E-state index contributed by atoms with van der Waals surface area (Å²) in [6.45, 7) is 4.22. The second-order valence-electron chi connectivity index (χ2n) is 4.59. The summed E-state index contributed by atoms with van der Waals surface area (Å²) in [6, 6.07) is 11.9. The molecule has 0 amide bonds. The van der Waals surface area contributed by atoms with Gasteiger partial charge < -0.3 is 9.88 Å². The van der Waals surface area contributed by atoms with Crippen molar-refractivity contribution in [2.24, 2.45) is 7.05 Å². The SMILES string of the molecule is Cc1ccccc1C(C)Nc1ccc(=O)n(C)c1. The van der Waals surface area contributed by atoms with E-state index in [2.05, 4.69) is 31.3 Å². The maximum Gasteiger partial charge on any atom is 0.250 e. The molecule has 0 spiro atoms. The second-order valence-corrected chi connectivity index (χ2v) is 4.59. The molecule has 1 atom stereocenters. The molecule has 0 saturated carbocycles. The minimum Gasteiger partial charge on any atom is -0.377 e. The monoisotopic (exact) mass is 242 g/mol. The first-order valence-corrected chi connectivity index (χ1v) is 6.06. The van der Waals surface area contributed by atoms with Crippen LogP contribution in [0.1, 0.15) is 24.1 Å². The largest absolute Gasteiger partial charge is 0.377 e. The first kappa shape index (κ1) is 12.4. The van der Waals surface area contributed by atoms with Crippen LogP contribution in [0.15, 0.2) is 47.4 Å². The van der Waals surface area contributed by atoms with Crippen molar-refractivity contribution >= 4 is 5.69 Å². The highest BCUT2D eigenvalue weighted by atomic mass is 16.1. The molecule has 1 aromatic carbocycles. The normalized spacial score (nSPS) is 12.2. The number of nitrogens with one attached hydrogen (secondary N) is 1. The molecular formula is C15H18N2O. The molecule has 0 radical (unpaired) electrons. The fourth-order valence-corrected chi connectivity index (χ4v) is 2.08. The van der Waals surface area contributed by atoms with Crippen LogP contribution in [0.5, 0.6) is 0 Å². The Kier molecular flexibility index (Phi) is 3.51. The summed E-state index contributed by atoms with van der Waals surface area (Å²) in [5.41, 5.74) is 3.49. The molecule has 2 aromatic rings. The number of nitrogens with zero attached hydrogens (tertiary/aromatic N) is 1. The predicted octanol–water partition coefficient (Wildman–Crippen LogP) is 2.87. The second kappa shape index (κ2) is 5.08. The first-order valence-electron chi connectivity index (χ1n) is 6.06. The van der Waals surface area contributed by atoms with Gasteiger partial charge in [-0.05, 0) is 31.0 Å². The van der Waals surface area contributed by atoms with Crippen molar-refractivity contribution < 1.29 is 0 Å². The van der Waals surface area contributed by atoms with Crippen LogP contribution in [0.4, 0.5) is 5.69 Å². The predicted molar refractivity (Wildman–Crippen MR) is 74.9 cm³/mol. The molecule has 3 nitrogen and oxygen atoms in total. The molecule has 0 aliphatic carbocycles. The highest BCUT2D eigenvalue weighted by molar-refractivity contribution is 5.44. The van der Waals surface area contributed by atoms with Crippen LogP contribution in [0.3, 0.4) is 0 Å². The maximum atomic E-state index is 11.3. The number of anilines is 1. The number of pyridine rings is 1. The van der Waals surface area contributed by atoms with Crippen molar-refractivity contribution in [3.63, 3.8) is 0 Å². The van der Waals surface area contributed by atoms with Gasteiger partial charge in [-0.3, -0.25) is 4.79 Å². The van der Waals surface area contributed by atoms with Gasteiger partial charge in [-0.1, -0.05) is 24.3 Å². The van der Waals surface area contributed by atoms with Gasteiger partial charge in [0.2, 0.25) is 5.56 Å². The molecule has 1 unspecified atom stereocenters. The fourth-order valence-electron chi connectivity index (χ4n) is 2.08. The standard InChI is InChI=1S/C15H18N2O/c1-11-6-4-5-7-14(11)12(2)16-13-8-9-15(18)17(3)10-13/h4-10,12,16H,1-3H3. The van der Waals surface area contributed by atoms with E-state index < -0.39 is 0 Å². The molecule has 0 saturated heterocycles. The molecule has 0 aliphatic heterocycles. The van der Waals surface area contributed by atoms with Crippen molar-refractivity contribution in [3.05, 3.63) is 64.1 Å². The molecule has 2 rings (SSSR count). The highest BCUT2D eigenvalue weighted by Crippen LogP contribution is 2.21. The zero-order valence-corrected chi connectivity index (χ0v) is 11.0. The van der Waals surface area contributed by atoms with Crippen LogP contribution in [-0.2, 0) is 7.05 Å². The Labute approximate surface area is 107 Å². The van der Waals surface area contributed by atoms with Crippen molar-refractivity contribution in [2.75, 3.05) is 5.32 Å². The Bertz CT molecular complexity index is 601. The maximum absolute atomic E-state index is 11.3. The Morgan fingerprint density at radius 3 is 2.56 bits per heavy atom. The van der Waals surface area contributed by atoms with Gasteiger partial charge in [0.1, 0.15) is 0 Å². The quantitative estimate of drug-likeness (QED) is 0.898. The molecule has 1 N–H and O–H groups in total. The summed E-state index contributed by atoms with van der Waals surface area (Å²) in [6.07, 6.45) is 1.82. The topological polar surface area (TPSA) is 34.0 Å². The number of benzene rings is 1. The van der Waals surface area contributed by atoms with E-state index in [1.54, 1.807) is 17.7 Å². The third-order valence-corrected chi connectivity index (χ3v) is 3.12. The zero-order chi connectivity index (χ0) is 13.1. The summed E-state index contributed by atoms with van der Waals surface area (Å²) < 4.78 is 1.58. The molecule has 94 valence electrons. The average molecular weight is 242 g/mol. The zero-order valence-electron chi connectivity index (χ0n) is 11.0. The van der Waals surface area contributed by atoms with Gasteiger partial charge >= 0.3 is 0 Å². The molecule has 18 heavy (non-hydrogen) atoms. The number of rotatable bonds is 3. The summed E-state index contributed by atoms with van der Waals surface area (Å²) in [5.74, 6) is 0. The molecule has 0 bridgehead atoms. The molecular weight excluding hydrogens is 224 g/mol. The third kappa shape index (κ3) is 2.62. The van der Waals surface area contributed by atoms with E-state index in [0.29, 0.717) is 0 Å². The van der Waals surface area contributed by atoms with E-state index in [-0.39, 0.29) is 11.6 Å². The average Bonchev–Trinajstić information content (AvgIpc) is 2.34. The molecule has 1 aromatic heterocycles. The lowest BCUT2D eigenvalue weighted by Crippen LogP contribution is -2.16. The minimum absolute atomic E-state index is 0.00379. The lowest BCUT2D eigenvalue weighted by atomic mass is 10.0. The van der Waals surface area contributed by atoms with Gasteiger partial charge in [0, 0.05) is 25.4 Å². The van der Waals surface area contributed by atoms with E-state index in [0.717, 1.165) is 5.69 Å². The summed E-state index contributed by atoms with van der Waals surface area (Å²) in [5, 5.41) is 3.41. The van der Waals surface area contributed by atoms with Gasteiger partial charge in [0.25, 0.3) is 0 Å². The van der Waals surface area contributed by atoms with Crippen LogP contribution >= 0.6 is 0 Å². The fraction of sp³-hybridized carbons (Fsp3) is 0.267. The van der Waals surface area contributed by atoms with E-state index in [9.17, 15) is 4.79 Å². The summed E-state index contributed by atoms with van der Waals surface area (Å²) in [4.78, 5) is 11.3. The number of hydrogen-bond donors (Lipinski definition) is 1. The third-order valence-electron chi connectivity index (χ3n) is 3.12. The van der Waals surface area contributed by atoms with E-state index >= 15 is 0 Å². The van der Waals surface area contributed by atoms with E-state index in [1.165, 1.54) is 11.1 Å². The van der Waals surface area contributed by atoms with Crippen molar-refractivity contribution in [3.8, 4) is 0 Å². The van der Waals surface area contributed by atoms with E-state index in [1.807, 2.05) is 24.4 Å². The summed E-state index contributed by atoms with van der Waals surface area (Å²) in [7, 11) is 1.76. The Balaban J connectivity index is 2.21. The minimum atomic E-state index is 0.00379. The molecule has 0 aliphatic rings. The van der Waals surface area contributed by atoms with Crippen LogP contribution in [-0.4, -0.2) is 4.57 Å². The van der Waals surface area contributed by atoms with Gasteiger partial charge in [-0.15, -0.1) is 0 Å². The van der Waals surface area contributed by atoms with Gasteiger partial charge in [-0.25, -0.2) is 0 Å². The Morgan fingerprint density at radius 1 is 1.17 bits per heavy atom. The van der Waals surface area contributed by atoms with Gasteiger partial charge in [0.05, 0.1) is 5.69 Å². The van der Waals surface area contributed by atoms with Crippen LogP contribution in [0.2, 0.25) is 0 Å². The summed E-state index contributed by atoms with van der Waals surface area (Å²) >= 11 is 0. The van der Waals surface area contributed by atoms with E-state index in [4.69, 9.17) is 0 Å². The van der Waals surface area contributed by atoms with Crippen LogP contribution < -0.4 is 10.9 Å². The smallest absolute Gasteiger partial charge is 0.250 e. The number of aryl methyl sites for hydroxylation is 2. The van der Waals surface area contributed by atoms with Crippen LogP contribution in [0.25, 0.3) is 0 Å². The van der Waals surface area contributed by atoms with Crippen molar-refractivity contribution in [2.45, 2.75) is 19.9 Å². The molecule has 0 fully saturated rings. The van der Waals surface area contributed by atoms with Crippen molar-refractivity contribution in [1.82, 2.24) is 4.57 Å². The van der Waals surface area contributed by atoms with Gasteiger partial charge in [-0.2, -0.15) is 0 Å². The number of hydrogen-bond acceptors (Lipinski definition) is 2. The van der Waals surface area contributed by atoms with Crippen molar-refractivity contribution in [1.29, 1.82) is 0 Å². The lowest BCUT2D eigenvalue weighted by Gasteiger charge is -2.18. The molecule has 3 heteroatoms.